The van der Waals surface area contributed by atoms with Gasteiger partial charge in [-0.05, 0) is 19.3 Å². The van der Waals surface area contributed by atoms with E-state index < -0.39 is 0 Å². The molecule has 3 heteroatoms. The van der Waals surface area contributed by atoms with E-state index in [0.717, 1.165) is 26.1 Å². The van der Waals surface area contributed by atoms with Gasteiger partial charge in [0.2, 0.25) is 0 Å². The molecule has 0 spiro atoms. The fraction of sp³-hybridized carbons (Fsp3) is 0.833. The quantitative estimate of drug-likeness (QED) is 0.385. The van der Waals surface area contributed by atoms with Gasteiger partial charge in [-0.2, -0.15) is 0 Å². The first-order chi connectivity index (χ1) is 10.4. The molecule has 3 nitrogen and oxygen atoms in total. The Morgan fingerprint density at radius 3 is 2.24 bits per heavy atom. The zero-order valence-corrected chi connectivity index (χ0v) is 13.7. The van der Waals surface area contributed by atoms with Crippen LogP contribution in [-0.4, -0.2) is 42.1 Å². The summed E-state index contributed by atoms with van der Waals surface area (Å²) in [5.74, 6) is 1.23. The first kappa shape index (κ1) is 18.2. The Kier molecular flexibility index (Phi) is 11.2. The molecule has 1 N–H and O–H groups in total. The van der Waals surface area contributed by atoms with Crippen LogP contribution in [0.4, 0.5) is 0 Å². The third-order valence-electron chi connectivity index (χ3n) is 4.21. The number of nitrogens with zero attached hydrogens (tertiary/aromatic N) is 2. The third-order valence-corrected chi connectivity index (χ3v) is 4.21. The van der Waals surface area contributed by atoms with Crippen LogP contribution in [0.25, 0.3) is 0 Å². The van der Waals surface area contributed by atoms with Crippen LogP contribution in [-0.2, 0) is 0 Å². The van der Waals surface area contributed by atoms with Crippen LogP contribution in [0.1, 0.15) is 70.6 Å². The molecular formula is C18H34N2O. The topological polar surface area (TPSA) is 35.8 Å². The number of rotatable bonds is 14. The summed E-state index contributed by atoms with van der Waals surface area (Å²) in [5, 5.41) is 9.00. The Morgan fingerprint density at radius 1 is 1.00 bits per heavy atom. The first-order valence-electron chi connectivity index (χ1n) is 8.88. The Bertz CT molecular complexity index is 289. The summed E-state index contributed by atoms with van der Waals surface area (Å²) < 4.78 is 0. The summed E-state index contributed by atoms with van der Waals surface area (Å²) in [5.41, 5.74) is 0. The van der Waals surface area contributed by atoms with Gasteiger partial charge in [-0.3, -0.25) is 4.99 Å². The van der Waals surface area contributed by atoms with Crippen LogP contribution in [0.5, 0.6) is 0 Å². The summed E-state index contributed by atoms with van der Waals surface area (Å²) in [6.07, 6.45) is 16.5. The summed E-state index contributed by atoms with van der Waals surface area (Å²) in [4.78, 5) is 6.78. The Labute approximate surface area is 131 Å². The van der Waals surface area contributed by atoms with Gasteiger partial charge < -0.3 is 10.0 Å². The first-order valence-corrected chi connectivity index (χ1v) is 8.88. The van der Waals surface area contributed by atoms with Crippen molar-refractivity contribution in [3.63, 3.8) is 0 Å². The Hall–Kier alpha value is -0.830. The van der Waals surface area contributed by atoms with Crippen LogP contribution < -0.4 is 0 Å². The molecule has 1 aliphatic rings. The van der Waals surface area contributed by atoms with Crippen LogP contribution in [0.3, 0.4) is 0 Å². The normalized spacial score (nSPS) is 14.5. The van der Waals surface area contributed by atoms with Gasteiger partial charge >= 0.3 is 0 Å². The van der Waals surface area contributed by atoms with E-state index in [-0.39, 0.29) is 6.61 Å². The predicted octanol–water partition coefficient (Wildman–Crippen LogP) is 4.17. The molecule has 1 heterocycles. The van der Waals surface area contributed by atoms with E-state index in [1.165, 1.54) is 70.0 Å². The molecule has 0 saturated carbocycles. The molecule has 0 atom stereocenters. The summed E-state index contributed by atoms with van der Waals surface area (Å²) in [6.45, 7) is 6.67. The van der Waals surface area contributed by atoms with Gasteiger partial charge in [-0.25, -0.2) is 0 Å². The number of hydrogen-bond acceptors (Lipinski definition) is 3. The van der Waals surface area contributed by atoms with Gasteiger partial charge in [0.25, 0.3) is 0 Å². The van der Waals surface area contributed by atoms with Gasteiger partial charge in [0.05, 0.1) is 19.0 Å². The fourth-order valence-electron chi connectivity index (χ4n) is 2.94. The molecular weight excluding hydrogens is 260 g/mol. The van der Waals surface area contributed by atoms with Crippen molar-refractivity contribution >= 4 is 5.84 Å². The number of hydrogen-bond donors (Lipinski definition) is 1. The maximum Gasteiger partial charge on any atom is 0.0991 e. The summed E-state index contributed by atoms with van der Waals surface area (Å²) in [7, 11) is 0. The third kappa shape index (κ3) is 8.92. The van der Waals surface area contributed by atoms with E-state index in [0.29, 0.717) is 0 Å². The highest BCUT2D eigenvalue weighted by Gasteiger charge is 2.14. The standard InChI is InChI=1S/C18H34N2O/c1-2-3-4-5-6-7-8-9-10-11-12-13-18-19-14-15-20(18)16-17-21/h2,21H,1,3-17H2. The molecule has 0 aromatic rings. The van der Waals surface area contributed by atoms with Crippen molar-refractivity contribution < 1.29 is 5.11 Å². The van der Waals surface area contributed by atoms with E-state index in [2.05, 4.69) is 16.5 Å². The Balaban J connectivity index is 1.85. The highest BCUT2D eigenvalue weighted by atomic mass is 16.3. The van der Waals surface area contributed by atoms with E-state index in [9.17, 15) is 0 Å². The van der Waals surface area contributed by atoms with E-state index in [4.69, 9.17) is 5.11 Å². The molecule has 0 bridgehead atoms. The molecule has 1 rings (SSSR count). The van der Waals surface area contributed by atoms with E-state index in [1.807, 2.05) is 6.08 Å². The molecule has 0 aliphatic carbocycles. The zero-order valence-electron chi connectivity index (χ0n) is 13.7. The fourth-order valence-corrected chi connectivity index (χ4v) is 2.94. The SMILES string of the molecule is C=CCCCCCCCCCCCC1=NCCN1CCO. The molecule has 122 valence electrons. The number of unbranched alkanes of at least 4 members (excludes halogenated alkanes) is 9. The second-order valence-corrected chi connectivity index (χ2v) is 6.02. The molecule has 0 unspecified atom stereocenters. The molecule has 0 aromatic heterocycles. The molecule has 0 saturated heterocycles. The second-order valence-electron chi connectivity index (χ2n) is 6.02. The lowest BCUT2D eigenvalue weighted by molar-refractivity contribution is 0.255. The number of allylic oxidation sites excluding steroid dienone is 1. The molecule has 1 aliphatic heterocycles. The molecule has 0 radical (unpaired) electrons. The second kappa shape index (κ2) is 12.9. The van der Waals surface area contributed by atoms with Crippen molar-refractivity contribution in [3.8, 4) is 0 Å². The van der Waals surface area contributed by atoms with Gasteiger partial charge in [-0.15, -0.1) is 6.58 Å². The maximum absolute atomic E-state index is 9.00. The lowest BCUT2D eigenvalue weighted by Crippen LogP contribution is -2.30. The highest BCUT2D eigenvalue weighted by Crippen LogP contribution is 2.13. The molecule has 0 fully saturated rings. The maximum atomic E-state index is 9.00. The Morgan fingerprint density at radius 2 is 1.62 bits per heavy atom. The molecule has 0 amide bonds. The van der Waals surface area contributed by atoms with Crippen molar-refractivity contribution in [2.24, 2.45) is 4.99 Å². The largest absolute Gasteiger partial charge is 0.395 e. The summed E-state index contributed by atoms with van der Waals surface area (Å²) in [6, 6.07) is 0. The van der Waals surface area contributed by atoms with Gasteiger partial charge in [0.15, 0.2) is 0 Å². The van der Waals surface area contributed by atoms with E-state index >= 15 is 0 Å². The lowest BCUT2D eigenvalue weighted by atomic mass is 10.1. The molecule has 21 heavy (non-hydrogen) atoms. The monoisotopic (exact) mass is 294 g/mol. The van der Waals surface area contributed by atoms with Crippen LogP contribution in [0, 0.1) is 0 Å². The average molecular weight is 294 g/mol. The minimum absolute atomic E-state index is 0.242. The summed E-state index contributed by atoms with van der Waals surface area (Å²) >= 11 is 0. The smallest absolute Gasteiger partial charge is 0.0991 e. The zero-order chi connectivity index (χ0) is 15.2. The average Bonchev–Trinajstić information content (AvgIpc) is 2.92. The van der Waals surface area contributed by atoms with E-state index in [1.54, 1.807) is 0 Å². The number of aliphatic imine (C=N–C) groups is 1. The van der Waals surface area contributed by atoms with Crippen molar-refractivity contribution in [1.29, 1.82) is 0 Å². The van der Waals surface area contributed by atoms with Crippen molar-refractivity contribution in [1.82, 2.24) is 4.90 Å². The lowest BCUT2D eigenvalue weighted by Gasteiger charge is -2.18. The van der Waals surface area contributed by atoms with Crippen molar-refractivity contribution in [2.75, 3.05) is 26.2 Å². The van der Waals surface area contributed by atoms with Crippen LogP contribution in [0.15, 0.2) is 17.6 Å². The van der Waals surface area contributed by atoms with Gasteiger partial charge in [0.1, 0.15) is 0 Å². The van der Waals surface area contributed by atoms with Crippen LogP contribution >= 0.6 is 0 Å². The molecule has 0 aromatic carbocycles. The number of amidine groups is 1. The highest BCUT2D eigenvalue weighted by molar-refractivity contribution is 5.83. The minimum atomic E-state index is 0.242. The van der Waals surface area contributed by atoms with Gasteiger partial charge in [0, 0.05) is 19.5 Å². The predicted molar refractivity (Wildman–Crippen MR) is 91.9 cm³/mol. The number of aliphatic hydroxyl groups is 1. The van der Waals surface area contributed by atoms with Crippen molar-refractivity contribution in [2.45, 2.75) is 70.6 Å². The number of aliphatic hydroxyl groups excluding tert-OH is 1. The minimum Gasteiger partial charge on any atom is -0.395 e. The van der Waals surface area contributed by atoms with Crippen molar-refractivity contribution in [3.05, 3.63) is 12.7 Å². The van der Waals surface area contributed by atoms with Crippen LogP contribution in [0.2, 0.25) is 0 Å². The number of β-amino-alcohol motifs (C(OH)–C–C–N with tert-alkyl or cyclic N) is 1. The van der Waals surface area contributed by atoms with Gasteiger partial charge in [-0.1, -0.05) is 51.0 Å².